The summed E-state index contributed by atoms with van der Waals surface area (Å²) in [6.45, 7) is 13.1. The summed E-state index contributed by atoms with van der Waals surface area (Å²) in [5.74, 6) is 1.81. The minimum atomic E-state index is 0.540. The van der Waals surface area contributed by atoms with E-state index in [0.717, 1.165) is 42.8 Å². The highest BCUT2D eigenvalue weighted by atomic mass is 16.5. The summed E-state index contributed by atoms with van der Waals surface area (Å²) in [6, 6.07) is 4.95. The topological polar surface area (TPSA) is 50.7 Å². The lowest BCUT2D eigenvalue weighted by atomic mass is 9.87. The molecule has 2 aromatic heterocycles. The molecule has 0 saturated carbocycles. The molecule has 0 aromatic carbocycles. The maximum Gasteiger partial charge on any atom is 0.259 e. The van der Waals surface area contributed by atoms with E-state index in [1.165, 1.54) is 44.3 Å². The van der Waals surface area contributed by atoms with Crippen molar-refractivity contribution in [3.63, 3.8) is 0 Å². The molecule has 6 nitrogen and oxygen atoms in total. The van der Waals surface area contributed by atoms with Gasteiger partial charge in [-0.1, -0.05) is 0 Å². The van der Waals surface area contributed by atoms with E-state index >= 15 is 0 Å². The Balaban J connectivity index is 1.51. The smallest absolute Gasteiger partial charge is 0.259 e. The quantitative estimate of drug-likeness (QED) is 0.583. The first-order valence-corrected chi connectivity index (χ1v) is 12.0. The Labute approximate surface area is 186 Å². The molecule has 0 bridgehead atoms. The van der Waals surface area contributed by atoms with Gasteiger partial charge in [0.05, 0.1) is 13.7 Å². The average molecular weight is 427 g/mol. The van der Waals surface area contributed by atoms with Crippen molar-refractivity contribution in [3.05, 3.63) is 23.4 Å². The number of aromatic nitrogens is 2. The van der Waals surface area contributed by atoms with Crippen LogP contribution < -0.4 is 9.47 Å². The minimum Gasteiger partial charge on any atom is -0.491 e. The van der Waals surface area contributed by atoms with E-state index in [2.05, 4.69) is 42.7 Å². The standard InChI is InChI=1S/C25H38N4O2/c1-18(2)29-13-8-20(9-14-29)21-16-19(3)26-24-22(21)17-23(30-4)25(27-24)31-15-7-12-28-10-5-6-11-28/h16-18,20H,5-15H2,1-4H3. The van der Waals surface area contributed by atoms with Crippen LogP contribution in [-0.2, 0) is 0 Å². The highest BCUT2D eigenvalue weighted by molar-refractivity contribution is 5.82. The summed E-state index contributed by atoms with van der Waals surface area (Å²) in [7, 11) is 1.70. The Kier molecular flexibility index (Phi) is 7.28. The molecule has 0 atom stereocenters. The highest BCUT2D eigenvalue weighted by Gasteiger charge is 2.25. The second kappa shape index (κ2) is 10.1. The van der Waals surface area contributed by atoms with Gasteiger partial charge in [0, 0.05) is 23.7 Å². The van der Waals surface area contributed by atoms with E-state index in [-0.39, 0.29) is 0 Å². The van der Waals surface area contributed by atoms with Crippen molar-refractivity contribution in [2.75, 3.05) is 46.4 Å². The van der Waals surface area contributed by atoms with Crippen LogP contribution in [-0.4, -0.2) is 72.3 Å². The van der Waals surface area contributed by atoms with Gasteiger partial charge in [0.15, 0.2) is 11.4 Å². The van der Waals surface area contributed by atoms with Crippen molar-refractivity contribution < 1.29 is 9.47 Å². The second-order valence-corrected chi connectivity index (χ2v) is 9.37. The van der Waals surface area contributed by atoms with Crippen molar-refractivity contribution in [1.82, 2.24) is 19.8 Å². The van der Waals surface area contributed by atoms with Crippen LogP contribution in [0.4, 0.5) is 0 Å². The Bertz CT molecular complexity index is 871. The van der Waals surface area contributed by atoms with E-state index < -0.39 is 0 Å². The molecule has 4 rings (SSSR count). The van der Waals surface area contributed by atoms with Crippen LogP contribution in [0, 0.1) is 6.92 Å². The highest BCUT2D eigenvalue weighted by Crippen LogP contribution is 2.37. The zero-order valence-electron chi connectivity index (χ0n) is 19.7. The summed E-state index contributed by atoms with van der Waals surface area (Å²) in [5.41, 5.74) is 3.15. The summed E-state index contributed by atoms with van der Waals surface area (Å²) in [6.07, 6.45) is 6.00. The Morgan fingerprint density at radius 3 is 2.48 bits per heavy atom. The van der Waals surface area contributed by atoms with Gasteiger partial charge in [-0.25, -0.2) is 4.98 Å². The SMILES string of the molecule is COc1cc2c(C3CCN(C(C)C)CC3)cc(C)nc2nc1OCCCN1CCCC1. The van der Waals surface area contributed by atoms with Gasteiger partial charge in [0.1, 0.15) is 0 Å². The Morgan fingerprint density at radius 2 is 1.81 bits per heavy atom. The molecule has 0 unspecified atom stereocenters. The maximum atomic E-state index is 6.05. The number of fused-ring (bicyclic) bond motifs is 1. The van der Waals surface area contributed by atoms with Crippen LogP contribution in [0.5, 0.6) is 11.6 Å². The lowest BCUT2D eigenvalue weighted by Crippen LogP contribution is -2.37. The summed E-state index contributed by atoms with van der Waals surface area (Å²) in [5, 5.41) is 1.11. The first kappa shape index (κ1) is 22.3. The molecule has 0 N–H and O–H groups in total. The molecule has 0 radical (unpaired) electrons. The third kappa shape index (κ3) is 5.29. The molecule has 0 aliphatic carbocycles. The number of rotatable bonds is 8. The van der Waals surface area contributed by atoms with E-state index in [9.17, 15) is 0 Å². The second-order valence-electron chi connectivity index (χ2n) is 9.37. The number of hydrogen-bond acceptors (Lipinski definition) is 6. The fourth-order valence-corrected chi connectivity index (χ4v) is 5.05. The third-order valence-electron chi connectivity index (χ3n) is 6.87. The lowest BCUT2D eigenvalue weighted by molar-refractivity contribution is 0.172. The minimum absolute atomic E-state index is 0.540. The van der Waals surface area contributed by atoms with Crippen molar-refractivity contribution in [2.45, 2.75) is 64.8 Å². The summed E-state index contributed by atoms with van der Waals surface area (Å²) < 4.78 is 11.7. The van der Waals surface area contributed by atoms with Crippen LogP contribution in [0.15, 0.2) is 12.1 Å². The van der Waals surface area contributed by atoms with Crippen LogP contribution >= 0.6 is 0 Å². The van der Waals surface area contributed by atoms with Gasteiger partial charge in [-0.15, -0.1) is 0 Å². The molecule has 0 amide bonds. The molecule has 4 heterocycles. The fourth-order valence-electron chi connectivity index (χ4n) is 5.05. The zero-order chi connectivity index (χ0) is 21.8. The maximum absolute atomic E-state index is 6.05. The number of ether oxygens (including phenoxy) is 2. The monoisotopic (exact) mass is 426 g/mol. The largest absolute Gasteiger partial charge is 0.491 e. The summed E-state index contributed by atoms with van der Waals surface area (Å²) >= 11 is 0. The first-order valence-electron chi connectivity index (χ1n) is 12.0. The third-order valence-corrected chi connectivity index (χ3v) is 6.87. The van der Waals surface area contributed by atoms with Crippen LogP contribution in [0.3, 0.4) is 0 Å². The van der Waals surface area contributed by atoms with Gasteiger partial charge in [-0.2, -0.15) is 4.98 Å². The number of pyridine rings is 2. The number of methoxy groups -OCH3 is 1. The number of hydrogen-bond donors (Lipinski definition) is 0. The van der Waals surface area contributed by atoms with E-state index in [4.69, 9.17) is 19.4 Å². The Morgan fingerprint density at radius 1 is 1.06 bits per heavy atom. The molecule has 2 aromatic rings. The molecule has 0 spiro atoms. The molecule has 2 aliphatic rings. The van der Waals surface area contributed by atoms with Crippen LogP contribution in [0.25, 0.3) is 11.0 Å². The molecule has 2 saturated heterocycles. The van der Waals surface area contributed by atoms with Crippen molar-refractivity contribution in [1.29, 1.82) is 0 Å². The van der Waals surface area contributed by atoms with Gasteiger partial charge >= 0.3 is 0 Å². The molecule has 170 valence electrons. The first-order chi connectivity index (χ1) is 15.0. The van der Waals surface area contributed by atoms with E-state index in [0.29, 0.717) is 30.2 Å². The number of aryl methyl sites for hydroxylation is 1. The Hall–Kier alpha value is -1.92. The molecule has 6 heteroatoms. The molecule has 2 aliphatic heterocycles. The van der Waals surface area contributed by atoms with Gasteiger partial charge in [-0.05, 0) is 103 Å². The van der Waals surface area contributed by atoms with Crippen molar-refractivity contribution >= 4 is 11.0 Å². The molecular formula is C25H38N4O2. The molecular weight excluding hydrogens is 388 g/mol. The molecule has 31 heavy (non-hydrogen) atoms. The van der Waals surface area contributed by atoms with Crippen molar-refractivity contribution in [2.24, 2.45) is 0 Å². The van der Waals surface area contributed by atoms with Gasteiger partial charge in [0.2, 0.25) is 0 Å². The predicted molar refractivity (Wildman–Crippen MR) is 125 cm³/mol. The lowest BCUT2D eigenvalue weighted by Gasteiger charge is -2.35. The summed E-state index contributed by atoms with van der Waals surface area (Å²) in [4.78, 5) is 14.6. The van der Waals surface area contributed by atoms with Crippen molar-refractivity contribution in [3.8, 4) is 11.6 Å². The number of likely N-dealkylation sites (tertiary alicyclic amines) is 2. The van der Waals surface area contributed by atoms with Gasteiger partial charge in [-0.3, -0.25) is 0 Å². The zero-order valence-corrected chi connectivity index (χ0v) is 19.7. The van der Waals surface area contributed by atoms with Gasteiger partial charge < -0.3 is 19.3 Å². The van der Waals surface area contributed by atoms with Crippen LogP contribution in [0.1, 0.15) is 63.1 Å². The average Bonchev–Trinajstić information content (AvgIpc) is 3.29. The predicted octanol–water partition coefficient (Wildman–Crippen LogP) is 4.40. The number of nitrogens with zero attached hydrogens (tertiary/aromatic N) is 4. The normalized spacial score (nSPS) is 18.9. The van der Waals surface area contributed by atoms with E-state index in [1.807, 2.05) is 0 Å². The molecule has 2 fully saturated rings. The van der Waals surface area contributed by atoms with Crippen LogP contribution in [0.2, 0.25) is 0 Å². The number of piperidine rings is 1. The van der Waals surface area contributed by atoms with Gasteiger partial charge in [0.25, 0.3) is 5.88 Å². The fraction of sp³-hybridized carbons (Fsp3) is 0.680. The van der Waals surface area contributed by atoms with E-state index in [1.54, 1.807) is 7.11 Å².